The van der Waals surface area contributed by atoms with Crippen LogP contribution >= 0.6 is 0 Å². The zero-order valence-electron chi connectivity index (χ0n) is 11.9. The average Bonchev–Trinajstić information content (AvgIpc) is 2.11. The van der Waals surface area contributed by atoms with Crippen LogP contribution in [0.4, 0.5) is 4.39 Å². The molecule has 0 radical (unpaired) electrons. The van der Waals surface area contributed by atoms with E-state index in [0.717, 1.165) is 0 Å². The molecule has 1 N–H and O–H groups in total. The van der Waals surface area contributed by atoms with E-state index in [4.69, 9.17) is 4.74 Å². The van der Waals surface area contributed by atoms with E-state index in [9.17, 15) is 12.8 Å². The average molecular weight is 289 g/mol. The maximum absolute atomic E-state index is 13.2. The molecule has 0 fully saturated rings. The highest BCUT2D eigenvalue weighted by atomic mass is 32.2. The summed E-state index contributed by atoms with van der Waals surface area (Å²) < 4.78 is 45.5. The molecule has 0 unspecified atom stereocenters. The summed E-state index contributed by atoms with van der Waals surface area (Å²) in [4.78, 5) is 0.123. The minimum atomic E-state index is -3.71. The van der Waals surface area contributed by atoms with Gasteiger partial charge in [-0.1, -0.05) is 0 Å². The third-order valence-corrected chi connectivity index (χ3v) is 4.61. The molecule has 1 aromatic rings. The van der Waals surface area contributed by atoms with Crippen LogP contribution in [0.3, 0.4) is 0 Å². The maximum atomic E-state index is 13.2. The fourth-order valence-electron chi connectivity index (χ4n) is 2.13. The van der Waals surface area contributed by atoms with Crippen LogP contribution in [-0.4, -0.2) is 27.7 Å². The third kappa shape index (κ3) is 3.99. The van der Waals surface area contributed by atoms with Gasteiger partial charge in [-0.3, -0.25) is 0 Å². The summed E-state index contributed by atoms with van der Waals surface area (Å²) in [5.41, 5.74) is 0.0392. The van der Waals surface area contributed by atoms with E-state index < -0.39 is 21.4 Å². The first kappa shape index (κ1) is 16.1. The third-order valence-electron chi connectivity index (χ3n) is 2.61. The van der Waals surface area contributed by atoms with Crippen molar-refractivity contribution in [2.45, 2.75) is 38.1 Å². The standard InChI is InChI=1S/C13H20FNO3S/c1-9-6-11(14)7-10(2)12(9)19(16,17)15-13(3,4)8-18-5/h6-7,15H,8H2,1-5H3. The van der Waals surface area contributed by atoms with Crippen molar-refractivity contribution in [3.8, 4) is 0 Å². The van der Waals surface area contributed by atoms with Crippen LogP contribution in [-0.2, 0) is 14.8 Å². The number of ether oxygens (including phenoxy) is 1. The monoisotopic (exact) mass is 289 g/mol. The lowest BCUT2D eigenvalue weighted by atomic mass is 10.1. The first-order chi connectivity index (χ1) is 8.59. The fourth-order valence-corrected chi connectivity index (χ4v) is 3.98. The van der Waals surface area contributed by atoms with Crippen molar-refractivity contribution in [1.29, 1.82) is 0 Å². The molecular weight excluding hydrogens is 269 g/mol. The number of sulfonamides is 1. The number of hydrogen-bond donors (Lipinski definition) is 1. The Morgan fingerprint density at radius 2 is 1.74 bits per heavy atom. The molecule has 108 valence electrons. The van der Waals surface area contributed by atoms with E-state index in [1.54, 1.807) is 27.7 Å². The molecule has 0 aliphatic carbocycles. The number of aryl methyl sites for hydroxylation is 2. The van der Waals surface area contributed by atoms with E-state index in [-0.39, 0.29) is 11.5 Å². The molecule has 0 aromatic heterocycles. The zero-order valence-corrected chi connectivity index (χ0v) is 12.7. The van der Waals surface area contributed by atoms with Gasteiger partial charge in [0, 0.05) is 7.11 Å². The van der Waals surface area contributed by atoms with Gasteiger partial charge in [-0.25, -0.2) is 17.5 Å². The van der Waals surface area contributed by atoms with Crippen molar-refractivity contribution in [1.82, 2.24) is 4.72 Å². The Kier molecular flexibility index (Phi) is 4.71. The van der Waals surface area contributed by atoms with Gasteiger partial charge in [-0.05, 0) is 51.0 Å². The van der Waals surface area contributed by atoms with Crippen LogP contribution in [0.5, 0.6) is 0 Å². The molecule has 0 bridgehead atoms. The number of methoxy groups -OCH3 is 1. The molecule has 1 aromatic carbocycles. The highest BCUT2D eigenvalue weighted by Crippen LogP contribution is 2.22. The zero-order chi connectivity index (χ0) is 14.8. The van der Waals surface area contributed by atoms with Crippen molar-refractivity contribution < 1.29 is 17.5 Å². The van der Waals surface area contributed by atoms with Crippen LogP contribution in [0.15, 0.2) is 17.0 Å². The molecule has 6 heteroatoms. The highest BCUT2D eigenvalue weighted by Gasteiger charge is 2.28. The van der Waals surface area contributed by atoms with Crippen LogP contribution < -0.4 is 4.72 Å². The van der Waals surface area contributed by atoms with Gasteiger partial charge < -0.3 is 4.74 Å². The maximum Gasteiger partial charge on any atom is 0.241 e. The van der Waals surface area contributed by atoms with Crippen molar-refractivity contribution in [3.63, 3.8) is 0 Å². The minimum Gasteiger partial charge on any atom is -0.383 e. The summed E-state index contributed by atoms with van der Waals surface area (Å²) in [6.45, 7) is 6.85. The molecule has 0 aliphatic heterocycles. The lowest BCUT2D eigenvalue weighted by Crippen LogP contribution is -2.46. The molecule has 0 saturated heterocycles. The second kappa shape index (κ2) is 5.56. The Morgan fingerprint density at radius 1 is 1.26 bits per heavy atom. The Balaban J connectivity index is 3.22. The van der Waals surface area contributed by atoms with Gasteiger partial charge in [-0.15, -0.1) is 0 Å². The predicted octanol–water partition coefficient (Wildman–Crippen LogP) is 2.15. The van der Waals surface area contributed by atoms with E-state index in [0.29, 0.717) is 11.1 Å². The molecular formula is C13H20FNO3S. The van der Waals surface area contributed by atoms with E-state index in [2.05, 4.69) is 4.72 Å². The Bertz CT molecular complexity index is 544. The summed E-state index contributed by atoms with van der Waals surface area (Å²) in [6.07, 6.45) is 0. The smallest absolute Gasteiger partial charge is 0.241 e. The molecule has 0 heterocycles. The van der Waals surface area contributed by atoms with E-state index in [1.165, 1.54) is 19.2 Å². The van der Waals surface area contributed by atoms with Gasteiger partial charge in [0.15, 0.2) is 0 Å². The summed E-state index contributed by atoms with van der Waals surface area (Å²) in [6, 6.07) is 2.43. The molecule has 4 nitrogen and oxygen atoms in total. The molecule has 0 saturated carbocycles. The summed E-state index contributed by atoms with van der Waals surface area (Å²) in [5, 5.41) is 0. The summed E-state index contributed by atoms with van der Waals surface area (Å²) in [5.74, 6) is -0.440. The van der Waals surface area contributed by atoms with Crippen molar-refractivity contribution >= 4 is 10.0 Å². The van der Waals surface area contributed by atoms with Gasteiger partial charge in [-0.2, -0.15) is 0 Å². The minimum absolute atomic E-state index is 0.123. The number of halogens is 1. The second-order valence-electron chi connectivity index (χ2n) is 5.29. The van der Waals surface area contributed by atoms with Gasteiger partial charge in [0.1, 0.15) is 5.82 Å². The summed E-state index contributed by atoms with van der Waals surface area (Å²) >= 11 is 0. The van der Waals surface area contributed by atoms with Crippen molar-refractivity contribution in [3.05, 3.63) is 29.1 Å². The van der Waals surface area contributed by atoms with Crippen molar-refractivity contribution in [2.75, 3.05) is 13.7 Å². The SMILES string of the molecule is COCC(C)(C)NS(=O)(=O)c1c(C)cc(F)cc1C. The van der Waals surface area contributed by atoms with Gasteiger partial charge >= 0.3 is 0 Å². The normalized spacial score (nSPS) is 12.7. The second-order valence-corrected chi connectivity index (χ2v) is 6.91. The van der Waals surface area contributed by atoms with Crippen LogP contribution in [0.25, 0.3) is 0 Å². The van der Waals surface area contributed by atoms with Gasteiger partial charge in [0.2, 0.25) is 10.0 Å². The Labute approximate surface area is 114 Å². The van der Waals surface area contributed by atoms with E-state index >= 15 is 0 Å². The van der Waals surface area contributed by atoms with Gasteiger partial charge in [0.05, 0.1) is 17.0 Å². The van der Waals surface area contributed by atoms with Crippen LogP contribution in [0.2, 0.25) is 0 Å². The summed E-state index contributed by atoms with van der Waals surface area (Å²) in [7, 11) is -2.21. The quantitative estimate of drug-likeness (QED) is 0.903. The Hall–Kier alpha value is -0.980. The van der Waals surface area contributed by atoms with E-state index in [1.807, 2.05) is 0 Å². The highest BCUT2D eigenvalue weighted by molar-refractivity contribution is 7.89. The molecule has 0 atom stereocenters. The molecule has 0 spiro atoms. The molecule has 1 rings (SSSR count). The largest absolute Gasteiger partial charge is 0.383 e. The fraction of sp³-hybridized carbons (Fsp3) is 0.538. The predicted molar refractivity (Wildman–Crippen MR) is 72.2 cm³/mol. The van der Waals surface area contributed by atoms with Crippen molar-refractivity contribution in [2.24, 2.45) is 0 Å². The number of nitrogens with one attached hydrogen (secondary N) is 1. The lowest BCUT2D eigenvalue weighted by molar-refractivity contribution is 0.141. The van der Waals surface area contributed by atoms with Crippen LogP contribution in [0, 0.1) is 19.7 Å². The molecule has 19 heavy (non-hydrogen) atoms. The van der Waals surface area contributed by atoms with Gasteiger partial charge in [0.25, 0.3) is 0 Å². The lowest BCUT2D eigenvalue weighted by Gasteiger charge is -2.26. The molecule has 0 amide bonds. The first-order valence-corrected chi connectivity index (χ1v) is 7.37. The number of rotatable bonds is 5. The van der Waals surface area contributed by atoms with Crippen LogP contribution in [0.1, 0.15) is 25.0 Å². The molecule has 0 aliphatic rings. The number of benzene rings is 1. The topological polar surface area (TPSA) is 55.4 Å². The number of hydrogen-bond acceptors (Lipinski definition) is 3. The first-order valence-electron chi connectivity index (χ1n) is 5.89. The Morgan fingerprint density at radius 3 is 2.16 bits per heavy atom.